The number of fused-ring (bicyclic) bond motifs is 1. The Kier molecular flexibility index (Phi) is 2.73. The molecule has 0 N–H and O–H groups in total. The highest BCUT2D eigenvalue weighted by molar-refractivity contribution is 5.22. The Balaban J connectivity index is 2.34. The van der Waals surface area contributed by atoms with E-state index in [1.807, 2.05) is 0 Å². The molecule has 1 fully saturated rings. The van der Waals surface area contributed by atoms with Crippen molar-refractivity contribution in [1.29, 1.82) is 0 Å². The van der Waals surface area contributed by atoms with Gasteiger partial charge in [-0.05, 0) is 55.3 Å². The number of rotatable bonds is 0. The van der Waals surface area contributed by atoms with Gasteiger partial charge in [-0.15, -0.1) is 0 Å². The molecule has 0 aromatic rings. The van der Waals surface area contributed by atoms with Gasteiger partial charge in [-0.1, -0.05) is 39.3 Å². The summed E-state index contributed by atoms with van der Waals surface area (Å²) in [5, 5.41) is 0. The van der Waals surface area contributed by atoms with Crippen molar-refractivity contribution in [2.75, 3.05) is 0 Å². The fraction of sp³-hybridized carbons (Fsp3) is 0.867. The van der Waals surface area contributed by atoms with Crippen LogP contribution in [0.1, 0.15) is 66.2 Å². The molecule has 0 radical (unpaired) electrons. The molecule has 0 amide bonds. The molecule has 0 heterocycles. The van der Waals surface area contributed by atoms with Crippen molar-refractivity contribution in [3.63, 3.8) is 0 Å². The van der Waals surface area contributed by atoms with Crippen molar-refractivity contribution < 1.29 is 0 Å². The molecule has 1 saturated carbocycles. The van der Waals surface area contributed by atoms with Crippen LogP contribution in [0, 0.1) is 16.7 Å². The lowest BCUT2D eigenvalue weighted by Gasteiger charge is -2.50. The molecule has 2 aliphatic rings. The molecular formula is C15H26. The minimum Gasteiger partial charge on any atom is -0.0845 e. The Morgan fingerprint density at radius 2 is 1.93 bits per heavy atom. The van der Waals surface area contributed by atoms with Crippen LogP contribution in [-0.2, 0) is 0 Å². The molecule has 0 saturated heterocycles. The quantitative estimate of drug-likeness (QED) is 0.492. The smallest absolute Gasteiger partial charge is 0.00652 e. The number of hydrogen-bond donors (Lipinski definition) is 0. The monoisotopic (exact) mass is 206 g/mol. The van der Waals surface area contributed by atoms with E-state index in [1.165, 1.54) is 38.5 Å². The Morgan fingerprint density at radius 1 is 1.20 bits per heavy atom. The summed E-state index contributed by atoms with van der Waals surface area (Å²) in [6.45, 7) is 9.90. The summed E-state index contributed by atoms with van der Waals surface area (Å²) >= 11 is 0. The van der Waals surface area contributed by atoms with Crippen LogP contribution >= 0.6 is 0 Å². The standard InChI is InChI=1S/C15H26/c1-12-7-8-13-6-5-10-14(2,3)15(13,4)11-9-12/h8,12H,5-7,9-11H2,1-4H3/t12-,15-/m0/s1. The zero-order chi connectivity index (χ0) is 11.1. The van der Waals surface area contributed by atoms with E-state index in [1.54, 1.807) is 5.57 Å². The van der Waals surface area contributed by atoms with E-state index >= 15 is 0 Å². The lowest BCUT2D eigenvalue weighted by atomic mass is 9.55. The zero-order valence-electron chi connectivity index (χ0n) is 10.9. The summed E-state index contributed by atoms with van der Waals surface area (Å²) in [5.74, 6) is 0.899. The third-order valence-electron chi connectivity index (χ3n) is 5.35. The second kappa shape index (κ2) is 3.64. The highest BCUT2D eigenvalue weighted by Gasteiger charge is 2.45. The first-order valence-electron chi connectivity index (χ1n) is 6.65. The molecule has 0 unspecified atom stereocenters. The van der Waals surface area contributed by atoms with Crippen molar-refractivity contribution in [2.45, 2.75) is 66.2 Å². The maximum atomic E-state index is 2.58. The highest BCUT2D eigenvalue weighted by Crippen LogP contribution is 2.57. The maximum Gasteiger partial charge on any atom is -0.00652 e. The fourth-order valence-electron chi connectivity index (χ4n) is 3.53. The molecule has 0 spiro atoms. The van der Waals surface area contributed by atoms with Gasteiger partial charge in [-0.3, -0.25) is 0 Å². The van der Waals surface area contributed by atoms with E-state index < -0.39 is 0 Å². The number of allylic oxidation sites excluding steroid dienone is 2. The van der Waals surface area contributed by atoms with Gasteiger partial charge in [0.05, 0.1) is 0 Å². The molecule has 2 atom stereocenters. The van der Waals surface area contributed by atoms with Gasteiger partial charge < -0.3 is 0 Å². The Hall–Kier alpha value is -0.260. The van der Waals surface area contributed by atoms with Gasteiger partial charge in [0.15, 0.2) is 0 Å². The van der Waals surface area contributed by atoms with Crippen molar-refractivity contribution in [3.8, 4) is 0 Å². The van der Waals surface area contributed by atoms with Gasteiger partial charge in [0.2, 0.25) is 0 Å². The largest absolute Gasteiger partial charge is 0.0845 e. The maximum absolute atomic E-state index is 2.58. The predicted molar refractivity (Wildman–Crippen MR) is 66.8 cm³/mol. The van der Waals surface area contributed by atoms with E-state index in [0.29, 0.717) is 10.8 Å². The Bertz CT molecular complexity index is 272. The van der Waals surface area contributed by atoms with Gasteiger partial charge in [0.25, 0.3) is 0 Å². The molecule has 0 aromatic heterocycles. The third kappa shape index (κ3) is 1.77. The molecule has 2 aliphatic carbocycles. The Labute approximate surface area is 95.1 Å². The molecule has 0 bridgehead atoms. The second-order valence-electron chi connectivity index (χ2n) is 6.68. The highest BCUT2D eigenvalue weighted by atomic mass is 14.5. The molecule has 15 heavy (non-hydrogen) atoms. The molecular weight excluding hydrogens is 180 g/mol. The average Bonchev–Trinajstić information content (AvgIpc) is 2.30. The Morgan fingerprint density at radius 3 is 2.67 bits per heavy atom. The van der Waals surface area contributed by atoms with Crippen molar-refractivity contribution >= 4 is 0 Å². The SMILES string of the molecule is C[C@H]1CC=C2CCCC(C)(C)[C@@]2(C)CC1. The van der Waals surface area contributed by atoms with Crippen LogP contribution < -0.4 is 0 Å². The summed E-state index contributed by atoms with van der Waals surface area (Å²) in [6, 6.07) is 0. The molecule has 0 aliphatic heterocycles. The second-order valence-corrected chi connectivity index (χ2v) is 6.68. The molecule has 0 nitrogen and oxygen atoms in total. The van der Waals surface area contributed by atoms with Gasteiger partial charge >= 0.3 is 0 Å². The van der Waals surface area contributed by atoms with Gasteiger partial charge in [-0.2, -0.15) is 0 Å². The van der Waals surface area contributed by atoms with Crippen molar-refractivity contribution in [1.82, 2.24) is 0 Å². The summed E-state index contributed by atoms with van der Waals surface area (Å²) in [4.78, 5) is 0. The molecule has 0 heteroatoms. The van der Waals surface area contributed by atoms with E-state index in [-0.39, 0.29) is 0 Å². The topological polar surface area (TPSA) is 0 Å². The van der Waals surface area contributed by atoms with Gasteiger partial charge in [-0.25, -0.2) is 0 Å². The lowest BCUT2D eigenvalue weighted by molar-refractivity contribution is 0.0749. The van der Waals surface area contributed by atoms with Gasteiger partial charge in [0.1, 0.15) is 0 Å². The first kappa shape index (κ1) is 11.2. The minimum absolute atomic E-state index is 0.496. The van der Waals surface area contributed by atoms with E-state index in [4.69, 9.17) is 0 Å². The molecule has 86 valence electrons. The fourth-order valence-corrected chi connectivity index (χ4v) is 3.53. The predicted octanol–water partition coefficient (Wildman–Crippen LogP) is 4.95. The van der Waals surface area contributed by atoms with E-state index in [9.17, 15) is 0 Å². The third-order valence-corrected chi connectivity index (χ3v) is 5.35. The average molecular weight is 206 g/mol. The lowest BCUT2D eigenvalue weighted by Crippen LogP contribution is -2.39. The first-order chi connectivity index (χ1) is 6.96. The van der Waals surface area contributed by atoms with Crippen LogP contribution in [0.15, 0.2) is 11.6 Å². The summed E-state index contributed by atoms with van der Waals surface area (Å²) in [7, 11) is 0. The zero-order valence-corrected chi connectivity index (χ0v) is 10.9. The van der Waals surface area contributed by atoms with Crippen LogP contribution in [0.5, 0.6) is 0 Å². The minimum atomic E-state index is 0.496. The van der Waals surface area contributed by atoms with Crippen molar-refractivity contribution in [3.05, 3.63) is 11.6 Å². The van der Waals surface area contributed by atoms with Crippen LogP contribution in [0.4, 0.5) is 0 Å². The summed E-state index contributed by atoms with van der Waals surface area (Å²) in [6.07, 6.45) is 10.9. The normalized spacial score (nSPS) is 40.3. The number of hydrogen-bond acceptors (Lipinski definition) is 0. The summed E-state index contributed by atoms with van der Waals surface area (Å²) in [5.41, 5.74) is 2.79. The van der Waals surface area contributed by atoms with Gasteiger partial charge in [0, 0.05) is 0 Å². The molecule has 0 aromatic carbocycles. The van der Waals surface area contributed by atoms with Crippen LogP contribution in [0.3, 0.4) is 0 Å². The molecule has 2 rings (SSSR count). The van der Waals surface area contributed by atoms with Crippen molar-refractivity contribution in [2.24, 2.45) is 16.7 Å². The van der Waals surface area contributed by atoms with E-state index in [2.05, 4.69) is 33.8 Å². The van der Waals surface area contributed by atoms with Crippen LogP contribution in [0.2, 0.25) is 0 Å². The van der Waals surface area contributed by atoms with Crippen LogP contribution in [-0.4, -0.2) is 0 Å². The van der Waals surface area contributed by atoms with Crippen LogP contribution in [0.25, 0.3) is 0 Å². The summed E-state index contributed by atoms with van der Waals surface area (Å²) < 4.78 is 0. The van der Waals surface area contributed by atoms with E-state index in [0.717, 1.165) is 5.92 Å². The first-order valence-corrected chi connectivity index (χ1v) is 6.65.